The Labute approximate surface area is 185 Å². The zero-order chi connectivity index (χ0) is 23.7. The molecule has 1 aliphatic heterocycles. The van der Waals surface area contributed by atoms with E-state index in [0.717, 1.165) is 0 Å². The summed E-state index contributed by atoms with van der Waals surface area (Å²) < 4.78 is 15.0. The van der Waals surface area contributed by atoms with Crippen LogP contribution in [0.2, 0.25) is 0 Å². The van der Waals surface area contributed by atoms with Gasteiger partial charge in [-0.2, -0.15) is 0 Å². The van der Waals surface area contributed by atoms with Crippen LogP contribution in [0.25, 0.3) is 0 Å². The van der Waals surface area contributed by atoms with E-state index in [1.807, 2.05) is 0 Å². The van der Waals surface area contributed by atoms with Gasteiger partial charge in [-0.15, -0.1) is 0 Å². The number of hydrogen-bond donors (Lipinski definition) is 2. The summed E-state index contributed by atoms with van der Waals surface area (Å²) >= 11 is 0. The van der Waals surface area contributed by atoms with Crippen molar-refractivity contribution in [2.75, 3.05) is 18.4 Å². The maximum Gasteiger partial charge on any atom is 0.294 e. The highest BCUT2D eigenvalue weighted by molar-refractivity contribution is 6.43. The number of amides is 3. The van der Waals surface area contributed by atoms with E-state index in [2.05, 4.69) is 10.6 Å². The van der Waals surface area contributed by atoms with Crippen molar-refractivity contribution < 1.29 is 23.6 Å². The lowest BCUT2D eigenvalue weighted by atomic mass is 10.1. The molecule has 3 rings (SSSR count). The molecule has 2 heterocycles. The smallest absolute Gasteiger partial charge is 0.294 e. The lowest BCUT2D eigenvalue weighted by Gasteiger charge is -2.15. The van der Waals surface area contributed by atoms with E-state index in [4.69, 9.17) is 0 Å². The summed E-state index contributed by atoms with van der Waals surface area (Å²) in [5.41, 5.74) is 2.15. The summed E-state index contributed by atoms with van der Waals surface area (Å²) in [6.45, 7) is 7.26. The minimum absolute atomic E-state index is 0.0750. The van der Waals surface area contributed by atoms with Gasteiger partial charge in [-0.3, -0.25) is 19.2 Å². The number of aromatic nitrogens is 1. The molecule has 9 heteroatoms. The van der Waals surface area contributed by atoms with Crippen LogP contribution in [0.5, 0.6) is 0 Å². The summed E-state index contributed by atoms with van der Waals surface area (Å²) in [6.07, 6.45) is 0.578. The molecule has 2 aromatic rings. The molecule has 0 saturated carbocycles. The summed E-state index contributed by atoms with van der Waals surface area (Å²) in [5.74, 6) is -2.41. The van der Waals surface area contributed by atoms with E-state index < -0.39 is 17.6 Å². The predicted octanol–water partition coefficient (Wildman–Crippen LogP) is 2.26. The maximum atomic E-state index is 13.5. The number of nitrogens with one attached hydrogen (secondary N) is 2. The van der Waals surface area contributed by atoms with Crippen LogP contribution in [0.15, 0.2) is 18.2 Å². The Morgan fingerprint density at radius 3 is 2.41 bits per heavy atom. The van der Waals surface area contributed by atoms with Gasteiger partial charge in [0, 0.05) is 44.5 Å². The van der Waals surface area contributed by atoms with Crippen LogP contribution >= 0.6 is 0 Å². The molecule has 1 aromatic heterocycles. The average Bonchev–Trinajstić information content (AvgIpc) is 3.27. The van der Waals surface area contributed by atoms with E-state index in [1.54, 1.807) is 32.7 Å². The molecule has 3 amide bonds. The van der Waals surface area contributed by atoms with Gasteiger partial charge in [-0.1, -0.05) is 0 Å². The molecule has 1 saturated heterocycles. The molecule has 1 fully saturated rings. The number of anilines is 1. The van der Waals surface area contributed by atoms with Gasteiger partial charge in [0.25, 0.3) is 17.6 Å². The fraction of sp³-hybridized carbons (Fsp3) is 0.391. The van der Waals surface area contributed by atoms with E-state index in [1.165, 1.54) is 29.7 Å². The molecule has 170 valence electrons. The number of rotatable bonds is 5. The van der Waals surface area contributed by atoms with Gasteiger partial charge in [-0.05, 0) is 56.5 Å². The summed E-state index contributed by atoms with van der Waals surface area (Å²) in [4.78, 5) is 51.6. The number of carbonyl (C=O) groups is 4. The van der Waals surface area contributed by atoms with Gasteiger partial charge in [0.15, 0.2) is 0 Å². The predicted molar refractivity (Wildman–Crippen MR) is 117 cm³/mol. The first-order valence-corrected chi connectivity index (χ1v) is 10.3. The van der Waals surface area contributed by atoms with Crippen molar-refractivity contribution in [3.63, 3.8) is 0 Å². The van der Waals surface area contributed by atoms with E-state index in [9.17, 15) is 23.6 Å². The van der Waals surface area contributed by atoms with Gasteiger partial charge in [0.2, 0.25) is 5.91 Å². The number of aryl methyl sites for hydroxylation is 1. The third-order valence-corrected chi connectivity index (χ3v) is 5.96. The monoisotopic (exact) mass is 442 g/mol. The van der Waals surface area contributed by atoms with Crippen molar-refractivity contribution in [3.8, 4) is 0 Å². The van der Waals surface area contributed by atoms with Crippen LogP contribution in [-0.2, 0) is 16.6 Å². The SMILES string of the molecule is CC(=O)N1CC[C@H](NC(=O)C(=O)c2c(C)c(C(=O)Nc3ccc(F)c(C)c3)c(C)n2C)C1. The fourth-order valence-electron chi connectivity index (χ4n) is 4.07. The molecule has 1 aromatic carbocycles. The maximum absolute atomic E-state index is 13.5. The number of benzene rings is 1. The van der Waals surface area contributed by atoms with E-state index >= 15 is 0 Å². The zero-order valence-electron chi connectivity index (χ0n) is 18.8. The van der Waals surface area contributed by atoms with Gasteiger partial charge < -0.3 is 20.1 Å². The first-order chi connectivity index (χ1) is 15.0. The van der Waals surface area contributed by atoms with Crippen molar-refractivity contribution in [2.45, 2.75) is 40.2 Å². The van der Waals surface area contributed by atoms with Crippen LogP contribution in [-0.4, -0.2) is 52.1 Å². The first-order valence-electron chi connectivity index (χ1n) is 10.3. The second-order valence-electron chi connectivity index (χ2n) is 8.16. The van der Waals surface area contributed by atoms with Gasteiger partial charge in [-0.25, -0.2) is 4.39 Å². The van der Waals surface area contributed by atoms with Gasteiger partial charge >= 0.3 is 0 Å². The lowest BCUT2D eigenvalue weighted by molar-refractivity contribution is -0.128. The second-order valence-corrected chi connectivity index (χ2v) is 8.16. The Bertz CT molecular complexity index is 1120. The topological polar surface area (TPSA) is 101 Å². The fourth-order valence-corrected chi connectivity index (χ4v) is 4.07. The number of nitrogens with zero attached hydrogens (tertiary/aromatic N) is 2. The van der Waals surface area contributed by atoms with Crippen molar-refractivity contribution in [3.05, 3.63) is 52.1 Å². The highest BCUT2D eigenvalue weighted by Gasteiger charge is 2.31. The van der Waals surface area contributed by atoms with E-state index in [0.29, 0.717) is 42.0 Å². The molecular weight excluding hydrogens is 415 g/mol. The van der Waals surface area contributed by atoms with Crippen molar-refractivity contribution in [1.82, 2.24) is 14.8 Å². The highest BCUT2D eigenvalue weighted by Crippen LogP contribution is 2.24. The Balaban J connectivity index is 1.79. The Kier molecular flexibility index (Phi) is 6.47. The molecule has 1 atom stereocenters. The van der Waals surface area contributed by atoms with Crippen molar-refractivity contribution >= 4 is 29.2 Å². The summed E-state index contributed by atoms with van der Waals surface area (Å²) in [5, 5.41) is 5.42. The number of halogens is 1. The van der Waals surface area contributed by atoms with E-state index in [-0.39, 0.29) is 29.0 Å². The molecule has 8 nitrogen and oxygen atoms in total. The minimum Gasteiger partial charge on any atom is -0.345 e. The van der Waals surface area contributed by atoms with Crippen molar-refractivity contribution in [1.29, 1.82) is 0 Å². The highest BCUT2D eigenvalue weighted by atomic mass is 19.1. The summed E-state index contributed by atoms with van der Waals surface area (Å²) in [6, 6.07) is 3.96. The number of likely N-dealkylation sites (tertiary alicyclic amines) is 1. The molecule has 0 bridgehead atoms. The average molecular weight is 442 g/mol. The number of ketones is 1. The number of Topliss-reactive ketones (excluding diaryl/α,β-unsaturated/α-hetero) is 1. The third kappa shape index (κ3) is 4.42. The molecular formula is C23H27FN4O4. The first kappa shape index (κ1) is 23.2. The molecule has 0 spiro atoms. The van der Waals surface area contributed by atoms with Crippen LogP contribution in [0.1, 0.15) is 51.0 Å². The zero-order valence-corrected chi connectivity index (χ0v) is 18.8. The number of carbonyl (C=O) groups excluding carboxylic acids is 4. The molecule has 0 unspecified atom stereocenters. The number of hydrogen-bond acceptors (Lipinski definition) is 4. The normalized spacial score (nSPS) is 15.6. The molecule has 0 radical (unpaired) electrons. The quantitative estimate of drug-likeness (QED) is 0.548. The largest absolute Gasteiger partial charge is 0.345 e. The lowest BCUT2D eigenvalue weighted by Crippen LogP contribution is -2.42. The van der Waals surface area contributed by atoms with Crippen LogP contribution in [0, 0.1) is 26.6 Å². The van der Waals surface area contributed by atoms with Crippen LogP contribution < -0.4 is 10.6 Å². The molecule has 0 aliphatic carbocycles. The molecule has 2 N–H and O–H groups in total. The Morgan fingerprint density at radius 1 is 1.12 bits per heavy atom. The van der Waals surface area contributed by atoms with Crippen LogP contribution in [0.4, 0.5) is 10.1 Å². The Hall–Kier alpha value is -3.49. The molecule has 1 aliphatic rings. The minimum atomic E-state index is -0.773. The van der Waals surface area contributed by atoms with Gasteiger partial charge in [0.05, 0.1) is 11.3 Å². The van der Waals surface area contributed by atoms with Gasteiger partial charge in [0.1, 0.15) is 5.82 Å². The summed E-state index contributed by atoms with van der Waals surface area (Å²) in [7, 11) is 1.62. The second kappa shape index (κ2) is 8.94. The van der Waals surface area contributed by atoms with Crippen molar-refractivity contribution in [2.24, 2.45) is 7.05 Å². The van der Waals surface area contributed by atoms with Crippen LogP contribution in [0.3, 0.4) is 0 Å². The third-order valence-electron chi connectivity index (χ3n) is 5.96. The Morgan fingerprint density at radius 2 is 1.81 bits per heavy atom. The standard InChI is InChI=1S/C23H27FN4O4/c1-12-10-16(6-7-18(12)24)25-22(31)19-13(2)20(27(5)14(19)3)21(30)23(32)26-17-8-9-28(11-17)15(4)29/h6-7,10,17H,8-9,11H2,1-5H3,(H,25,31)(H,26,32)/t17-/m0/s1. The molecule has 32 heavy (non-hydrogen) atoms.